The Balaban J connectivity index is 1.27. The quantitative estimate of drug-likeness (QED) is 0.646. The van der Waals surface area contributed by atoms with Crippen molar-refractivity contribution < 1.29 is 18.8 Å². The molecule has 0 aliphatic carbocycles. The zero-order chi connectivity index (χ0) is 22.2. The van der Waals surface area contributed by atoms with Gasteiger partial charge >= 0.3 is 6.09 Å². The molecule has 2 aliphatic rings. The molecule has 2 saturated heterocycles. The van der Waals surface area contributed by atoms with E-state index in [4.69, 9.17) is 4.52 Å². The monoisotopic (exact) mass is 442 g/mol. The van der Waals surface area contributed by atoms with Crippen molar-refractivity contribution in [3.63, 3.8) is 0 Å². The second kappa shape index (κ2) is 8.50. The van der Waals surface area contributed by atoms with E-state index in [2.05, 4.69) is 20.1 Å². The Morgan fingerprint density at radius 3 is 2.81 bits per heavy atom. The van der Waals surface area contributed by atoms with Crippen molar-refractivity contribution in [3.05, 3.63) is 35.6 Å². The third-order valence-electron chi connectivity index (χ3n) is 6.70. The van der Waals surface area contributed by atoms with Crippen LogP contribution in [0.5, 0.6) is 0 Å². The van der Waals surface area contributed by atoms with Gasteiger partial charge in [-0.1, -0.05) is 6.92 Å². The number of rotatable bonds is 5. The lowest BCUT2D eigenvalue weighted by atomic mass is 9.96. The summed E-state index contributed by atoms with van der Waals surface area (Å²) in [5.74, 6) is 0.712. The van der Waals surface area contributed by atoms with Crippen LogP contribution < -0.4 is 0 Å². The summed E-state index contributed by atoms with van der Waals surface area (Å²) in [5, 5.41) is 18.9. The molecular formula is C22H27FN6O3. The van der Waals surface area contributed by atoms with Gasteiger partial charge < -0.3 is 19.4 Å². The topological polar surface area (TPSA) is 101 Å². The predicted molar refractivity (Wildman–Crippen MR) is 114 cm³/mol. The molecule has 1 amide bonds. The molecule has 4 heterocycles. The van der Waals surface area contributed by atoms with Crippen molar-refractivity contribution in [3.8, 4) is 5.95 Å². The van der Waals surface area contributed by atoms with Gasteiger partial charge in [-0.3, -0.25) is 0 Å². The summed E-state index contributed by atoms with van der Waals surface area (Å²) in [6, 6.07) is 4.70. The number of aromatic nitrogens is 4. The number of hydrogen-bond donors (Lipinski definition) is 1. The Labute approximate surface area is 184 Å². The molecule has 0 spiro atoms. The van der Waals surface area contributed by atoms with Crippen molar-refractivity contribution in [2.24, 2.45) is 0 Å². The van der Waals surface area contributed by atoms with Gasteiger partial charge in [0.2, 0.25) is 5.89 Å². The van der Waals surface area contributed by atoms with Crippen LogP contribution in [0.25, 0.3) is 16.9 Å². The fourth-order valence-electron chi connectivity index (χ4n) is 4.98. The first-order valence-electron chi connectivity index (χ1n) is 11.3. The lowest BCUT2D eigenvalue weighted by Gasteiger charge is -2.34. The minimum absolute atomic E-state index is 0.0836. The molecule has 0 bridgehead atoms. The predicted octanol–water partition coefficient (Wildman–Crippen LogP) is 3.43. The van der Waals surface area contributed by atoms with E-state index < -0.39 is 6.09 Å². The van der Waals surface area contributed by atoms with E-state index in [0.29, 0.717) is 23.9 Å². The first kappa shape index (κ1) is 20.9. The molecule has 0 unspecified atom stereocenters. The molecule has 2 aromatic heterocycles. The third kappa shape index (κ3) is 3.83. The molecule has 3 aromatic rings. The Morgan fingerprint density at radius 2 is 2.06 bits per heavy atom. The highest BCUT2D eigenvalue weighted by Crippen LogP contribution is 2.29. The number of halogens is 1. The van der Waals surface area contributed by atoms with Crippen LogP contribution in [0.2, 0.25) is 0 Å². The minimum atomic E-state index is -0.821. The van der Waals surface area contributed by atoms with Crippen LogP contribution in [0.1, 0.15) is 50.1 Å². The first-order chi connectivity index (χ1) is 15.5. The van der Waals surface area contributed by atoms with Gasteiger partial charge in [-0.15, -0.1) is 0 Å². The number of aryl methyl sites for hydroxylation is 1. The summed E-state index contributed by atoms with van der Waals surface area (Å²) in [5.41, 5.74) is 1.49. The number of amides is 1. The van der Waals surface area contributed by atoms with E-state index in [1.165, 1.54) is 12.1 Å². The van der Waals surface area contributed by atoms with Gasteiger partial charge in [0, 0.05) is 36.5 Å². The standard InChI is InChI=1S/C22H27FN6O3/c1-2-18-17-6-5-15(23)12-19(17)29(25-18)21-24-20(32-26-21)14-7-10-27(11-8-14)13-16-4-3-9-28(16)22(30)31/h5-6,12,14,16H,2-4,7-11,13H2,1H3,(H,30,31)/t16-/m0/s1. The summed E-state index contributed by atoms with van der Waals surface area (Å²) in [6.45, 7) is 5.14. The molecule has 9 nitrogen and oxygen atoms in total. The number of carboxylic acid groups (broad SMARTS) is 1. The van der Waals surface area contributed by atoms with E-state index in [1.807, 2.05) is 6.92 Å². The molecule has 2 fully saturated rings. The van der Waals surface area contributed by atoms with Crippen molar-refractivity contribution >= 4 is 17.0 Å². The summed E-state index contributed by atoms with van der Waals surface area (Å²) in [4.78, 5) is 19.9. The van der Waals surface area contributed by atoms with Gasteiger partial charge in [0.25, 0.3) is 5.95 Å². The number of nitrogens with zero attached hydrogens (tertiary/aromatic N) is 6. The summed E-state index contributed by atoms with van der Waals surface area (Å²) >= 11 is 0. The molecule has 0 saturated carbocycles. The van der Waals surface area contributed by atoms with E-state index in [9.17, 15) is 14.3 Å². The van der Waals surface area contributed by atoms with Gasteiger partial charge in [-0.2, -0.15) is 14.8 Å². The Hall–Kier alpha value is -3.01. The van der Waals surface area contributed by atoms with Gasteiger partial charge in [-0.05, 0) is 62.5 Å². The number of hydrogen-bond acceptors (Lipinski definition) is 6. The number of piperidine rings is 1. The Morgan fingerprint density at radius 1 is 1.25 bits per heavy atom. The van der Waals surface area contributed by atoms with Crippen LogP contribution in [0.15, 0.2) is 22.7 Å². The molecule has 32 heavy (non-hydrogen) atoms. The van der Waals surface area contributed by atoms with E-state index in [0.717, 1.165) is 62.8 Å². The number of carbonyl (C=O) groups is 1. The maximum atomic E-state index is 13.8. The maximum Gasteiger partial charge on any atom is 0.407 e. The highest BCUT2D eigenvalue weighted by Gasteiger charge is 2.32. The second-order valence-corrected chi connectivity index (χ2v) is 8.65. The zero-order valence-corrected chi connectivity index (χ0v) is 18.1. The molecule has 1 atom stereocenters. The van der Waals surface area contributed by atoms with Gasteiger partial charge in [0.15, 0.2) is 0 Å². The largest absolute Gasteiger partial charge is 0.465 e. The SMILES string of the molecule is CCc1nn(-c2noc(C3CCN(C[C@@H]4CCCN4C(=O)O)CC3)n2)c2cc(F)ccc12. The highest BCUT2D eigenvalue weighted by molar-refractivity contribution is 5.83. The zero-order valence-electron chi connectivity index (χ0n) is 18.1. The molecule has 1 N–H and O–H groups in total. The van der Waals surface area contributed by atoms with Crippen LogP contribution in [0.3, 0.4) is 0 Å². The van der Waals surface area contributed by atoms with Crippen LogP contribution >= 0.6 is 0 Å². The van der Waals surface area contributed by atoms with E-state index >= 15 is 0 Å². The summed E-state index contributed by atoms with van der Waals surface area (Å²) < 4.78 is 21.0. The van der Waals surface area contributed by atoms with Crippen LogP contribution in [0.4, 0.5) is 9.18 Å². The van der Waals surface area contributed by atoms with Crippen molar-refractivity contribution in [2.75, 3.05) is 26.2 Å². The molecule has 2 aliphatic heterocycles. The normalized spacial score (nSPS) is 20.4. The van der Waals surface area contributed by atoms with Gasteiger partial charge in [0.05, 0.1) is 11.2 Å². The van der Waals surface area contributed by atoms with Crippen molar-refractivity contribution in [2.45, 2.75) is 51.0 Å². The Kier molecular flexibility index (Phi) is 5.54. The van der Waals surface area contributed by atoms with E-state index in [1.54, 1.807) is 15.6 Å². The average Bonchev–Trinajstić information content (AvgIpc) is 3.52. The van der Waals surface area contributed by atoms with Crippen LogP contribution in [0, 0.1) is 5.82 Å². The molecule has 10 heteroatoms. The molecule has 5 rings (SSSR count). The molecule has 1 aromatic carbocycles. The van der Waals surface area contributed by atoms with Crippen molar-refractivity contribution in [1.29, 1.82) is 0 Å². The lowest BCUT2D eigenvalue weighted by molar-refractivity contribution is 0.115. The van der Waals surface area contributed by atoms with Crippen LogP contribution in [-0.2, 0) is 6.42 Å². The lowest BCUT2D eigenvalue weighted by Crippen LogP contribution is -2.45. The number of fused-ring (bicyclic) bond motifs is 1. The molecule has 170 valence electrons. The highest BCUT2D eigenvalue weighted by atomic mass is 19.1. The summed E-state index contributed by atoms with van der Waals surface area (Å²) in [6.07, 6.45) is 3.50. The van der Waals surface area contributed by atoms with E-state index in [-0.39, 0.29) is 17.8 Å². The number of likely N-dealkylation sites (tertiary alicyclic amines) is 2. The van der Waals surface area contributed by atoms with Crippen molar-refractivity contribution in [1.82, 2.24) is 29.7 Å². The molecular weight excluding hydrogens is 415 g/mol. The first-order valence-corrected chi connectivity index (χ1v) is 11.3. The Bertz CT molecular complexity index is 1120. The smallest absolute Gasteiger partial charge is 0.407 e. The summed E-state index contributed by atoms with van der Waals surface area (Å²) in [7, 11) is 0. The maximum absolute atomic E-state index is 13.8. The van der Waals surface area contributed by atoms with Gasteiger partial charge in [0.1, 0.15) is 5.82 Å². The van der Waals surface area contributed by atoms with Crippen LogP contribution in [-0.4, -0.2) is 73.1 Å². The average molecular weight is 442 g/mol. The fraction of sp³-hybridized carbons (Fsp3) is 0.545. The van der Waals surface area contributed by atoms with Gasteiger partial charge in [-0.25, -0.2) is 9.18 Å². The molecule has 0 radical (unpaired) electrons. The number of benzene rings is 1. The fourth-order valence-corrected chi connectivity index (χ4v) is 4.98. The second-order valence-electron chi connectivity index (χ2n) is 8.65. The third-order valence-corrected chi connectivity index (χ3v) is 6.70. The minimum Gasteiger partial charge on any atom is -0.465 e.